The molecule has 2 aromatic heterocycles. The number of anilines is 1. The quantitative estimate of drug-likeness (QED) is 0.694. The first kappa shape index (κ1) is 15.6. The molecule has 0 unspecified atom stereocenters. The van der Waals surface area contributed by atoms with E-state index in [4.69, 9.17) is 0 Å². The predicted octanol–water partition coefficient (Wildman–Crippen LogP) is 0.924. The SMILES string of the molecule is CN1CCCn2c1nc1c2c(=O)n(Cc2ccc(F)cc2)c(=O)n1C. The van der Waals surface area contributed by atoms with E-state index in [1.807, 2.05) is 16.5 Å². The first-order valence-electron chi connectivity index (χ1n) is 8.13. The van der Waals surface area contributed by atoms with Crippen LogP contribution >= 0.6 is 0 Å². The van der Waals surface area contributed by atoms with Crippen LogP contribution in [-0.2, 0) is 20.1 Å². The minimum Gasteiger partial charge on any atom is -0.345 e. The van der Waals surface area contributed by atoms with Gasteiger partial charge in [0.05, 0.1) is 6.54 Å². The fourth-order valence-corrected chi connectivity index (χ4v) is 3.34. The number of rotatable bonds is 2. The maximum absolute atomic E-state index is 13.1. The minimum absolute atomic E-state index is 0.0953. The van der Waals surface area contributed by atoms with Crippen LogP contribution in [0.4, 0.5) is 10.3 Å². The highest BCUT2D eigenvalue weighted by molar-refractivity contribution is 5.74. The van der Waals surface area contributed by atoms with Gasteiger partial charge in [-0.1, -0.05) is 12.1 Å². The second kappa shape index (κ2) is 5.58. The maximum atomic E-state index is 13.1. The van der Waals surface area contributed by atoms with Crippen molar-refractivity contribution in [1.29, 1.82) is 0 Å². The number of fused-ring (bicyclic) bond motifs is 3. The van der Waals surface area contributed by atoms with Gasteiger partial charge in [-0.15, -0.1) is 0 Å². The first-order chi connectivity index (χ1) is 12.0. The van der Waals surface area contributed by atoms with Crippen molar-refractivity contribution >= 4 is 17.1 Å². The van der Waals surface area contributed by atoms with Crippen molar-refractivity contribution in [2.45, 2.75) is 19.5 Å². The molecule has 0 amide bonds. The van der Waals surface area contributed by atoms with E-state index in [1.54, 1.807) is 19.2 Å². The van der Waals surface area contributed by atoms with Gasteiger partial charge in [0.2, 0.25) is 5.95 Å². The molecule has 1 aromatic carbocycles. The van der Waals surface area contributed by atoms with E-state index in [0.29, 0.717) is 29.2 Å². The number of aryl methyl sites for hydroxylation is 2. The third kappa shape index (κ3) is 2.36. The monoisotopic (exact) mass is 343 g/mol. The van der Waals surface area contributed by atoms with Crippen molar-refractivity contribution < 1.29 is 4.39 Å². The predicted molar refractivity (Wildman–Crippen MR) is 92.6 cm³/mol. The van der Waals surface area contributed by atoms with Crippen LogP contribution in [0.5, 0.6) is 0 Å². The van der Waals surface area contributed by atoms with E-state index in [-0.39, 0.29) is 17.9 Å². The van der Waals surface area contributed by atoms with Crippen LogP contribution in [0.15, 0.2) is 33.9 Å². The fourth-order valence-electron chi connectivity index (χ4n) is 3.34. The third-order valence-corrected chi connectivity index (χ3v) is 4.68. The highest BCUT2D eigenvalue weighted by Crippen LogP contribution is 2.22. The van der Waals surface area contributed by atoms with Gasteiger partial charge in [0.15, 0.2) is 11.2 Å². The van der Waals surface area contributed by atoms with Crippen molar-refractivity contribution in [2.75, 3.05) is 18.5 Å². The second-order valence-electron chi connectivity index (χ2n) is 6.37. The lowest BCUT2D eigenvalue weighted by molar-refractivity contribution is 0.586. The van der Waals surface area contributed by atoms with Crippen LogP contribution < -0.4 is 16.1 Å². The molecule has 25 heavy (non-hydrogen) atoms. The molecule has 7 nitrogen and oxygen atoms in total. The lowest BCUT2D eigenvalue weighted by Gasteiger charge is -2.24. The van der Waals surface area contributed by atoms with Crippen LogP contribution in [0.1, 0.15) is 12.0 Å². The van der Waals surface area contributed by atoms with Gasteiger partial charge >= 0.3 is 5.69 Å². The van der Waals surface area contributed by atoms with Crippen molar-refractivity contribution in [3.8, 4) is 0 Å². The molecule has 0 fully saturated rings. The minimum atomic E-state index is -0.431. The molecule has 8 heteroatoms. The normalized spacial score (nSPS) is 14.1. The zero-order valence-corrected chi connectivity index (χ0v) is 14.1. The Hall–Kier alpha value is -2.90. The van der Waals surface area contributed by atoms with Gasteiger partial charge in [-0.05, 0) is 24.1 Å². The summed E-state index contributed by atoms with van der Waals surface area (Å²) in [4.78, 5) is 32.2. The molecule has 4 rings (SSSR count). The molecular formula is C17H18FN5O2. The Morgan fingerprint density at radius 1 is 1.12 bits per heavy atom. The molecule has 130 valence electrons. The van der Waals surface area contributed by atoms with Crippen LogP contribution in [-0.4, -0.2) is 32.3 Å². The zero-order chi connectivity index (χ0) is 17.7. The van der Waals surface area contributed by atoms with E-state index in [1.165, 1.54) is 21.3 Å². The average molecular weight is 343 g/mol. The smallest absolute Gasteiger partial charge is 0.332 e. The lowest BCUT2D eigenvalue weighted by atomic mass is 10.2. The summed E-state index contributed by atoms with van der Waals surface area (Å²) < 4.78 is 17.5. The molecule has 0 bridgehead atoms. The van der Waals surface area contributed by atoms with Crippen molar-refractivity contribution in [3.63, 3.8) is 0 Å². The standard InChI is InChI=1S/C17H18FN5O2/c1-20-8-3-9-22-13-14(19-16(20)22)21(2)17(25)23(15(13)24)10-11-4-6-12(18)7-5-11/h4-7H,3,8-10H2,1-2H3. The van der Waals surface area contributed by atoms with Gasteiger partial charge in [0, 0.05) is 27.2 Å². The summed E-state index contributed by atoms with van der Waals surface area (Å²) in [6.45, 7) is 1.65. The molecule has 0 aliphatic carbocycles. The number of aromatic nitrogens is 4. The molecule has 1 aliphatic heterocycles. The second-order valence-corrected chi connectivity index (χ2v) is 6.37. The maximum Gasteiger partial charge on any atom is 0.332 e. The zero-order valence-electron chi connectivity index (χ0n) is 14.1. The third-order valence-electron chi connectivity index (χ3n) is 4.68. The van der Waals surface area contributed by atoms with E-state index < -0.39 is 5.69 Å². The molecule has 0 saturated carbocycles. The summed E-state index contributed by atoms with van der Waals surface area (Å²) in [6, 6.07) is 5.79. The van der Waals surface area contributed by atoms with E-state index in [0.717, 1.165) is 13.0 Å². The van der Waals surface area contributed by atoms with Crippen LogP contribution in [0.3, 0.4) is 0 Å². The molecular weight excluding hydrogens is 325 g/mol. The molecule has 3 heterocycles. The molecule has 0 spiro atoms. The number of halogens is 1. The van der Waals surface area contributed by atoms with Crippen LogP contribution in [0, 0.1) is 5.82 Å². The molecule has 0 radical (unpaired) electrons. The Balaban J connectivity index is 1.95. The van der Waals surface area contributed by atoms with Crippen molar-refractivity contribution in [3.05, 3.63) is 56.5 Å². The van der Waals surface area contributed by atoms with Gasteiger partial charge in [0.25, 0.3) is 5.56 Å². The van der Waals surface area contributed by atoms with Crippen molar-refractivity contribution in [1.82, 2.24) is 18.7 Å². The lowest BCUT2D eigenvalue weighted by Crippen LogP contribution is -2.40. The average Bonchev–Trinajstić information content (AvgIpc) is 3.00. The van der Waals surface area contributed by atoms with E-state index in [9.17, 15) is 14.0 Å². The summed E-state index contributed by atoms with van der Waals surface area (Å²) in [7, 11) is 3.54. The molecule has 3 aromatic rings. The number of hydrogen-bond donors (Lipinski definition) is 0. The molecule has 0 saturated heterocycles. The fraction of sp³-hybridized carbons (Fsp3) is 0.353. The van der Waals surface area contributed by atoms with E-state index in [2.05, 4.69) is 4.98 Å². The Kier molecular flexibility index (Phi) is 3.48. The van der Waals surface area contributed by atoms with Crippen molar-refractivity contribution in [2.24, 2.45) is 7.05 Å². The Morgan fingerprint density at radius 3 is 2.56 bits per heavy atom. The number of benzene rings is 1. The Bertz CT molecular complexity index is 1080. The molecule has 0 N–H and O–H groups in total. The number of nitrogens with zero attached hydrogens (tertiary/aromatic N) is 5. The summed E-state index contributed by atoms with van der Waals surface area (Å²) in [6.07, 6.45) is 0.912. The largest absolute Gasteiger partial charge is 0.345 e. The van der Waals surface area contributed by atoms with Gasteiger partial charge in [0.1, 0.15) is 5.82 Å². The first-order valence-corrected chi connectivity index (χ1v) is 8.13. The van der Waals surface area contributed by atoms with Gasteiger partial charge in [-0.2, -0.15) is 4.98 Å². The van der Waals surface area contributed by atoms with Crippen LogP contribution in [0.25, 0.3) is 11.2 Å². The van der Waals surface area contributed by atoms with Gasteiger partial charge in [-0.3, -0.25) is 13.9 Å². The van der Waals surface area contributed by atoms with Crippen LogP contribution in [0.2, 0.25) is 0 Å². The Morgan fingerprint density at radius 2 is 1.84 bits per heavy atom. The molecule has 0 atom stereocenters. The number of imidazole rings is 1. The topological polar surface area (TPSA) is 65.1 Å². The summed E-state index contributed by atoms with van der Waals surface area (Å²) in [5.41, 5.74) is 0.728. The number of hydrogen-bond acceptors (Lipinski definition) is 4. The molecule has 1 aliphatic rings. The van der Waals surface area contributed by atoms with Gasteiger partial charge in [-0.25, -0.2) is 9.18 Å². The van der Waals surface area contributed by atoms with Gasteiger partial charge < -0.3 is 9.47 Å². The summed E-state index contributed by atoms with van der Waals surface area (Å²) in [5.74, 6) is 0.347. The summed E-state index contributed by atoms with van der Waals surface area (Å²) in [5, 5.41) is 0. The highest BCUT2D eigenvalue weighted by Gasteiger charge is 2.24. The van der Waals surface area contributed by atoms with E-state index >= 15 is 0 Å². The summed E-state index contributed by atoms with van der Waals surface area (Å²) >= 11 is 0. The highest BCUT2D eigenvalue weighted by atomic mass is 19.1. The Labute approximate surface area is 142 Å².